The van der Waals surface area contributed by atoms with Gasteiger partial charge in [0.25, 0.3) is 0 Å². The van der Waals surface area contributed by atoms with Crippen molar-refractivity contribution in [1.82, 2.24) is 10.2 Å². The van der Waals surface area contributed by atoms with E-state index < -0.39 is 0 Å². The van der Waals surface area contributed by atoms with Gasteiger partial charge in [-0.15, -0.1) is 0 Å². The summed E-state index contributed by atoms with van der Waals surface area (Å²) in [4.78, 5) is 14.3. The number of aryl methyl sites for hydroxylation is 1. The first-order valence-electron chi connectivity index (χ1n) is 7.03. The van der Waals surface area contributed by atoms with Gasteiger partial charge in [-0.05, 0) is 57.6 Å². The third-order valence-corrected chi connectivity index (χ3v) is 4.03. The van der Waals surface area contributed by atoms with E-state index in [2.05, 4.69) is 15.5 Å². The van der Waals surface area contributed by atoms with Crippen LogP contribution in [0, 0.1) is 6.92 Å². The molecule has 20 heavy (non-hydrogen) atoms. The second-order valence-corrected chi connectivity index (χ2v) is 5.84. The second kappa shape index (κ2) is 7.07. The SMILES string of the molecule is Cc1ccc(Cl)cc1NC(=O)CN(C)C1CCNCC1. The van der Waals surface area contributed by atoms with E-state index in [1.165, 1.54) is 0 Å². The molecule has 2 N–H and O–H groups in total. The highest BCUT2D eigenvalue weighted by atomic mass is 35.5. The number of rotatable bonds is 4. The zero-order chi connectivity index (χ0) is 14.5. The number of likely N-dealkylation sites (N-methyl/N-ethyl adjacent to an activating group) is 1. The molecule has 4 nitrogen and oxygen atoms in total. The van der Waals surface area contributed by atoms with Crippen LogP contribution in [-0.2, 0) is 4.79 Å². The minimum atomic E-state index is 0.0106. The number of halogens is 1. The molecular formula is C15H22ClN3O. The molecule has 1 aliphatic heterocycles. The molecule has 1 amide bonds. The van der Waals surface area contributed by atoms with Crippen LogP contribution >= 0.6 is 11.6 Å². The van der Waals surface area contributed by atoms with Crippen LogP contribution in [0.2, 0.25) is 5.02 Å². The van der Waals surface area contributed by atoms with E-state index in [9.17, 15) is 4.79 Å². The average Bonchev–Trinajstić information content (AvgIpc) is 2.43. The van der Waals surface area contributed by atoms with Crippen LogP contribution in [0.1, 0.15) is 18.4 Å². The van der Waals surface area contributed by atoms with E-state index in [1.54, 1.807) is 6.07 Å². The van der Waals surface area contributed by atoms with Gasteiger partial charge in [0.05, 0.1) is 6.54 Å². The van der Waals surface area contributed by atoms with Crippen molar-refractivity contribution in [2.24, 2.45) is 0 Å². The summed E-state index contributed by atoms with van der Waals surface area (Å²) < 4.78 is 0. The molecule has 2 rings (SSSR count). The van der Waals surface area contributed by atoms with Gasteiger partial charge in [0.2, 0.25) is 5.91 Å². The lowest BCUT2D eigenvalue weighted by Crippen LogP contribution is -2.44. The minimum Gasteiger partial charge on any atom is -0.325 e. The Labute approximate surface area is 125 Å². The quantitative estimate of drug-likeness (QED) is 0.896. The summed E-state index contributed by atoms with van der Waals surface area (Å²) in [6, 6.07) is 6.02. The number of nitrogens with one attached hydrogen (secondary N) is 2. The fourth-order valence-corrected chi connectivity index (χ4v) is 2.69. The molecule has 0 spiro atoms. The van der Waals surface area contributed by atoms with E-state index in [0.717, 1.165) is 37.2 Å². The average molecular weight is 296 g/mol. The molecule has 5 heteroatoms. The maximum atomic E-state index is 12.1. The Balaban J connectivity index is 1.89. The summed E-state index contributed by atoms with van der Waals surface area (Å²) in [5, 5.41) is 6.91. The first-order valence-corrected chi connectivity index (χ1v) is 7.41. The summed E-state index contributed by atoms with van der Waals surface area (Å²) in [5.74, 6) is 0.0106. The molecule has 0 saturated carbocycles. The molecule has 0 radical (unpaired) electrons. The van der Waals surface area contributed by atoms with Crippen molar-refractivity contribution in [3.8, 4) is 0 Å². The fourth-order valence-electron chi connectivity index (χ4n) is 2.52. The molecule has 0 aromatic heterocycles. The molecular weight excluding hydrogens is 274 g/mol. The number of hydrogen-bond donors (Lipinski definition) is 2. The normalized spacial score (nSPS) is 16.4. The molecule has 1 aromatic carbocycles. The van der Waals surface area contributed by atoms with E-state index in [1.807, 2.05) is 26.1 Å². The van der Waals surface area contributed by atoms with Crippen LogP contribution in [0.25, 0.3) is 0 Å². The van der Waals surface area contributed by atoms with E-state index >= 15 is 0 Å². The first-order chi connectivity index (χ1) is 9.56. The lowest BCUT2D eigenvalue weighted by molar-refractivity contribution is -0.117. The number of nitrogens with zero attached hydrogens (tertiary/aromatic N) is 1. The highest BCUT2D eigenvalue weighted by Gasteiger charge is 2.19. The summed E-state index contributed by atoms with van der Waals surface area (Å²) in [6.07, 6.45) is 2.19. The molecule has 110 valence electrons. The Kier molecular flexibility index (Phi) is 5.40. The molecule has 1 fully saturated rings. The fraction of sp³-hybridized carbons (Fsp3) is 0.533. The van der Waals surface area contributed by atoms with Crippen molar-refractivity contribution in [3.63, 3.8) is 0 Å². The molecule has 0 atom stereocenters. The third-order valence-electron chi connectivity index (χ3n) is 3.80. The monoisotopic (exact) mass is 295 g/mol. The van der Waals surface area contributed by atoms with E-state index in [-0.39, 0.29) is 5.91 Å². The summed E-state index contributed by atoms with van der Waals surface area (Å²) in [5.41, 5.74) is 1.81. The third kappa shape index (κ3) is 4.20. The largest absolute Gasteiger partial charge is 0.325 e. The van der Waals surface area contributed by atoms with Gasteiger partial charge in [0.15, 0.2) is 0 Å². The highest BCUT2D eigenvalue weighted by molar-refractivity contribution is 6.31. The summed E-state index contributed by atoms with van der Waals surface area (Å²) >= 11 is 5.96. The van der Waals surface area contributed by atoms with Crippen molar-refractivity contribution in [1.29, 1.82) is 0 Å². The topological polar surface area (TPSA) is 44.4 Å². The number of benzene rings is 1. The predicted molar refractivity (Wildman–Crippen MR) is 83.3 cm³/mol. The van der Waals surface area contributed by atoms with E-state index in [4.69, 9.17) is 11.6 Å². The van der Waals surface area contributed by atoms with Crippen LogP contribution < -0.4 is 10.6 Å². The van der Waals surface area contributed by atoms with Gasteiger partial charge in [-0.1, -0.05) is 17.7 Å². The van der Waals surface area contributed by atoms with Crippen LogP contribution in [0.15, 0.2) is 18.2 Å². The molecule has 0 aliphatic carbocycles. The molecule has 1 saturated heterocycles. The number of carbonyl (C=O) groups excluding carboxylic acids is 1. The number of amides is 1. The van der Waals surface area contributed by atoms with Gasteiger partial charge >= 0.3 is 0 Å². The molecule has 0 bridgehead atoms. The molecule has 0 unspecified atom stereocenters. The van der Waals surface area contributed by atoms with Gasteiger partial charge in [-0.2, -0.15) is 0 Å². The zero-order valence-electron chi connectivity index (χ0n) is 12.1. The number of hydrogen-bond acceptors (Lipinski definition) is 3. The van der Waals surface area contributed by atoms with Crippen LogP contribution in [0.5, 0.6) is 0 Å². The van der Waals surface area contributed by atoms with E-state index in [0.29, 0.717) is 17.6 Å². The molecule has 1 aromatic rings. The van der Waals surface area contributed by atoms with Crippen molar-refractivity contribution >= 4 is 23.2 Å². The number of anilines is 1. The molecule has 1 heterocycles. The Morgan fingerprint density at radius 1 is 1.45 bits per heavy atom. The van der Waals surface area contributed by atoms with Crippen molar-refractivity contribution in [2.75, 3.05) is 32.0 Å². The van der Waals surface area contributed by atoms with Crippen LogP contribution in [0.3, 0.4) is 0 Å². The smallest absolute Gasteiger partial charge is 0.238 e. The summed E-state index contributed by atoms with van der Waals surface area (Å²) in [6.45, 7) is 4.44. The summed E-state index contributed by atoms with van der Waals surface area (Å²) in [7, 11) is 2.01. The maximum Gasteiger partial charge on any atom is 0.238 e. The lowest BCUT2D eigenvalue weighted by atomic mass is 10.1. The number of piperidine rings is 1. The van der Waals surface area contributed by atoms with Gasteiger partial charge < -0.3 is 10.6 Å². The van der Waals surface area contributed by atoms with Crippen molar-refractivity contribution < 1.29 is 4.79 Å². The Morgan fingerprint density at radius 3 is 2.85 bits per heavy atom. The van der Waals surface area contributed by atoms with Gasteiger partial charge in [-0.3, -0.25) is 9.69 Å². The highest BCUT2D eigenvalue weighted by Crippen LogP contribution is 2.20. The van der Waals surface area contributed by atoms with Gasteiger partial charge in [0, 0.05) is 16.8 Å². The zero-order valence-corrected chi connectivity index (χ0v) is 12.8. The van der Waals surface area contributed by atoms with Crippen molar-refractivity contribution in [2.45, 2.75) is 25.8 Å². The Bertz CT molecular complexity index is 472. The minimum absolute atomic E-state index is 0.0106. The van der Waals surface area contributed by atoms with Crippen LogP contribution in [0.4, 0.5) is 5.69 Å². The molecule has 1 aliphatic rings. The Hall–Kier alpha value is -1.10. The maximum absolute atomic E-state index is 12.1. The van der Waals surface area contributed by atoms with Crippen molar-refractivity contribution in [3.05, 3.63) is 28.8 Å². The second-order valence-electron chi connectivity index (χ2n) is 5.40. The van der Waals surface area contributed by atoms with Crippen LogP contribution in [-0.4, -0.2) is 43.5 Å². The first kappa shape index (κ1) is 15.3. The lowest BCUT2D eigenvalue weighted by Gasteiger charge is -2.31. The Morgan fingerprint density at radius 2 is 2.15 bits per heavy atom. The van der Waals surface area contributed by atoms with Gasteiger partial charge in [0.1, 0.15) is 0 Å². The number of carbonyl (C=O) groups is 1. The van der Waals surface area contributed by atoms with Gasteiger partial charge in [-0.25, -0.2) is 0 Å². The standard InChI is InChI=1S/C15H22ClN3O/c1-11-3-4-12(16)9-14(11)18-15(20)10-19(2)13-5-7-17-8-6-13/h3-4,9,13,17H,5-8,10H2,1-2H3,(H,18,20). The predicted octanol–water partition coefficient (Wildman–Crippen LogP) is 2.27.